The van der Waals surface area contributed by atoms with E-state index in [9.17, 15) is 60.7 Å². The molecule has 0 aromatic carbocycles. The maximum atomic E-state index is 12.6. The molecule has 0 heterocycles. The molecule has 0 aliphatic rings. The molecule has 2 amide bonds. The summed E-state index contributed by atoms with van der Waals surface area (Å²) in [7, 11) is 0. The summed E-state index contributed by atoms with van der Waals surface area (Å²) in [6.07, 6.45) is 5.06. The van der Waals surface area contributed by atoms with Gasteiger partial charge in [-0.2, -0.15) is 0 Å². The Hall–Kier alpha value is -1.62. The molecule has 0 saturated heterocycles. The molecule has 0 bridgehead atoms. The number of aliphatic hydroxyl groups excluding tert-OH is 12. The van der Waals surface area contributed by atoms with E-state index in [0.717, 1.165) is 64.7 Å². The number of carbonyl (C=O) groups excluding carboxylic acids is 2. The van der Waals surface area contributed by atoms with E-state index < -0.39 is 86.1 Å². The van der Waals surface area contributed by atoms with Gasteiger partial charge in [-0.1, -0.05) is 129 Å². The van der Waals surface area contributed by atoms with Crippen LogP contribution >= 0.6 is 0 Å². The average Bonchev–Trinajstić information content (AvgIpc) is 3.30. The van der Waals surface area contributed by atoms with Crippen molar-refractivity contribution in [2.24, 2.45) is 0 Å². The van der Waals surface area contributed by atoms with E-state index in [1.54, 1.807) is 0 Å². The maximum Gasteiger partial charge on any atom is 0.251 e. The van der Waals surface area contributed by atoms with Crippen molar-refractivity contribution in [1.82, 2.24) is 20.4 Å². The van der Waals surface area contributed by atoms with E-state index >= 15 is 0 Å². The van der Waals surface area contributed by atoms with Gasteiger partial charge in [0.05, 0.1) is 13.2 Å². The quantitative estimate of drug-likeness (QED) is 0.0359. The van der Waals surface area contributed by atoms with Crippen molar-refractivity contribution in [2.45, 2.75) is 216 Å². The second-order valence-corrected chi connectivity index (χ2v) is 17.7. The summed E-state index contributed by atoms with van der Waals surface area (Å²) < 4.78 is 0. The van der Waals surface area contributed by atoms with Crippen molar-refractivity contribution in [3.8, 4) is 0 Å². The first-order valence-electron chi connectivity index (χ1n) is 24.7. The van der Waals surface area contributed by atoms with E-state index in [1.807, 2.05) is 0 Å². The fourth-order valence-corrected chi connectivity index (χ4v) is 7.60. The lowest BCUT2D eigenvalue weighted by Crippen LogP contribution is -2.54. The molecule has 18 nitrogen and oxygen atoms in total. The smallest absolute Gasteiger partial charge is 0.251 e. The third-order valence-electron chi connectivity index (χ3n) is 12.0. The fourth-order valence-electron chi connectivity index (χ4n) is 7.60. The first-order valence-corrected chi connectivity index (χ1v) is 24.7. The van der Waals surface area contributed by atoms with Crippen LogP contribution in [-0.2, 0) is 9.59 Å². The van der Waals surface area contributed by atoms with Crippen molar-refractivity contribution in [3.05, 3.63) is 0 Å². The Morgan fingerprint density at radius 1 is 0.359 bits per heavy atom. The Labute approximate surface area is 384 Å². The Kier molecular flexibility index (Phi) is 39.4. The topological polar surface area (TPSA) is 307 Å². The van der Waals surface area contributed by atoms with Gasteiger partial charge in [-0.15, -0.1) is 0 Å². The molecular formula is C46H94N4O14. The van der Waals surface area contributed by atoms with Crippen LogP contribution in [0.5, 0.6) is 0 Å². The number of hydrogen-bond donors (Lipinski definition) is 14. The van der Waals surface area contributed by atoms with Crippen LogP contribution in [-0.4, -0.2) is 210 Å². The normalized spacial score (nSPS) is 16.8. The summed E-state index contributed by atoms with van der Waals surface area (Å²) in [6, 6.07) is 0. The number of nitrogens with one attached hydrogen (secondary N) is 2. The second kappa shape index (κ2) is 40.4. The zero-order valence-corrected chi connectivity index (χ0v) is 39.5. The van der Waals surface area contributed by atoms with Crippen LogP contribution < -0.4 is 10.6 Å². The van der Waals surface area contributed by atoms with E-state index in [-0.39, 0.29) is 13.1 Å². The molecule has 0 fully saturated rings. The summed E-state index contributed by atoms with van der Waals surface area (Å²) in [5.74, 6) is -1.91. The monoisotopic (exact) mass is 927 g/mol. The highest BCUT2D eigenvalue weighted by Crippen LogP contribution is 2.14. The predicted molar refractivity (Wildman–Crippen MR) is 246 cm³/mol. The first-order chi connectivity index (χ1) is 30.7. The number of carbonyl (C=O) groups is 2. The molecule has 0 aromatic heterocycles. The number of amides is 2. The lowest BCUT2D eigenvalue weighted by Gasteiger charge is -2.29. The summed E-state index contributed by atoms with van der Waals surface area (Å²) >= 11 is 0. The summed E-state index contributed by atoms with van der Waals surface area (Å²) in [6.45, 7) is 7.33. The Morgan fingerprint density at radius 3 is 0.906 bits per heavy atom. The fraction of sp³-hybridized carbons (Fsp3) is 0.957. The van der Waals surface area contributed by atoms with Crippen LogP contribution in [0.1, 0.15) is 155 Å². The number of rotatable bonds is 45. The molecule has 14 N–H and O–H groups in total. The van der Waals surface area contributed by atoms with Crippen LogP contribution in [0.2, 0.25) is 0 Å². The molecule has 0 aliphatic heterocycles. The molecule has 18 heteroatoms. The average molecular weight is 927 g/mol. The Morgan fingerprint density at radius 2 is 0.625 bits per heavy atom. The zero-order valence-electron chi connectivity index (χ0n) is 39.5. The number of nitrogens with zero attached hydrogens (tertiary/aromatic N) is 2. The van der Waals surface area contributed by atoms with Gasteiger partial charge in [-0.3, -0.25) is 9.59 Å². The van der Waals surface area contributed by atoms with Gasteiger partial charge in [0, 0.05) is 26.2 Å². The number of hydrogen-bond acceptors (Lipinski definition) is 16. The van der Waals surface area contributed by atoms with Crippen molar-refractivity contribution in [1.29, 1.82) is 0 Å². The molecule has 10 atom stereocenters. The Balaban J connectivity index is 5.49. The molecule has 0 radical (unpaired) electrons. The van der Waals surface area contributed by atoms with Crippen molar-refractivity contribution < 1.29 is 70.9 Å². The predicted octanol–water partition coefficient (Wildman–Crippen LogP) is 0.0384. The molecule has 0 aromatic rings. The standard InChI is InChI=1S/C46H94N4O14/c1-3-5-7-9-11-13-15-17-19-21-27-49(29-23-25-47-45(63)43(61)41(59)39(57)37(55)35(53)33-51)31-32-50(28-22-20-18-16-14-12-10-8-6-4-2)30-24-26-48-46(64)44(62)42(60)40(58)38(56)36(54)34-52/h35-44,51-62H,3-34H2,1-2H3,(H,47,63)(H,48,64)/t35-,36-,37-,38-,39+,40+,41-,42-,43+,44+/m0/s1. The van der Waals surface area contributed by atoms with E-state index in [4.69, 9.17) is 10.2 Å². The van der Waals surface area contributed by atoms with Gasteiger partial charge < -0.3 is 81.7 Å². The van der Waals surface area contributed by atoms with Gasteiger partial charge in [0.1, 0.15) is 48.8 Å². The third kappa shape index (κ3) is 29.2. The number of aliphatic hydroxyl groups is 12. The third-order valence-corrected chi connectivity index (χ3v) is 12.0. The van der Waals surface area contributed by atoms with Crippen LogP contribution in [0.3, 0.4) is 0 Å². The second-order valence-electron chi connectivity index (χ2n) is 17.7. The molecule has 64 heavy (non-hydrogen) atoms. The first kappa shape index (κ1) is 62.4. The highest BCUT2D eigenvalue weighted by Gasteiger charge is 2.38. The molecule has 0 rings (SSSR count). The lowest BCUT2D eigenvalue weighted by atomic mass is 9.99. The molecule has 382 valence electrons. The van der Waals surface area contributed by atoms with Gasteiger partial charge in [-0.25, -0.2) is 0 Å². The molecule has 0 aliphatic carbocycles. The minimum atomic E-state index is -2.10. The SMILES string of the molecule is CCCCCCCCCCCCN(CCCNC(=O)[C@H](O)[C@@H](O)[C@H](O)[C@@H](O)[C@@H](O)CO)CCN(CCCCCCCCCCCC)CCCNC(=O)[C@H](O)[C@@H](O)[C@H](O)[C@@H](O)[C@@H](O)CO. The molecule has 0 unspecified atom stereocenters. The van der Waals surface area contributed by atoms with Crippen LogP contribution in [0.4, 0.5) is 0 Å². The van der Waals surface area contributed by atoms with Crippen LogP contribution in [0, 0.1) is 0 Å². The summed E-state index contributed by atoms with van der Waals surface area (Å²) in [4.78, 5) is 29.9. The molecule has 0 spiro atoms. The summed E-state index contributed by atoms with van der Waals surface area (Å²) in [5, 5.41) is 123. The van der Waals surface area contributed by atoms with Gasteiger partial charge in [0.25, 0.3) is 11.8 Å². The zero-order chi connectivity index (χ0) is 48.1. The maximum absolute atomic E-state index is 12.6. The Bertz CT molecular complexity index is 1020. The van der Waals surface area contributed by atoms with Gasteiger partial charge in [-0.05, 0) is 51.9 Å². The van der Waals surface area contributed by atoms with Crippen molar-refractivity contribution in [3.63, 3.8) is 0 Å². The molecule has 0 saturated carbocycles. The largest absolute Gasteiger partial charge is 0.394 e. The van der Waals surface area contributed by atoms with Crippen molar-refractivity contribution in [2.75, 3.05) is 65.6 Å². The van der Waals surface area contributed by atoms with Crippen LogP contribution in [0.15, 0.2) is 0 Å². The highest BCUT2D eigenvalue weighted by atomic mass is 16.4. The van der Waals surface area contributed by atoms with Crippen LogP contribution in [0.25, 0.3) is 0 Å². The van der Waals surface area contributed by atoms with E-state index in [0.29, 0.717) is 25.9 Å². The molecular weight excluding hydrogens is 833 g/mol. The van der Waals surface area contributed by atoms with Crippen molar-refractivity contribution >= 4 is 11.8 Å². The van der Waals surface area contributed by atoms with E-state index in [2.05, 4.69) is 34.3 Å². The minimum Gasteiger partial charge on any atom is -0.394 e. The van der Waals surface area contributed by atoms with Gasteiger partial charge >= 0.3 is 0 Å². The van der Waals surface area contributed by atoms with E-state index in [1.165, 1.54) is 89.9 Å². The minimum absolute atomic E-state index is 0.162. The number of unbranched alkanes of at least 4 members (excludes halogenated alkanes) is 18. The lowest BCUT2D eigenvalue weighted by molar-refractivity contribution is -0.157. The van der Waals surface area contributed by atoms with Gasteiger partial charge in [0.2, 0.25) is 0 Å². The van der Waals surface area contributed by atoms with Gasteiger partial charge in [0.15, 0.2) is 12.2 Å². The summed E-state index contributed by atoms with van der Waals surface area (Å²) in [5.41, 5.74) is 0. The highest BCUT2D eigenvalue weighted by molar-refractivity contribution is 5.81.